The Balaban J connectivity index is 2.01. The number of hydrogen-bond acceptors (Lipinski definition) is 4. The van der Waals surface area contributed by atoms with Crippen molar-refractivity contribution in [2.75, 3.05) is 5.32 Å². The van der Waals surface area contributed by atoms with Crippen molar-refractivity contribution in [2.45, 2.75) is 0 Å². The summed E-state index contributed by atoms with van der Waals surface area (Å²) in [5, 5.41) is 9.42. The van der Waals surface area contributed by atoms with Gasteiger partial charge in [0.1, 0.15) is 23.3 Å². The molecule has 0 amide bonds. The average molecular weight is 313 g/mol. The van der Waals surface area contributed by atoms with E-state index in [2.05, 4.69) is 25.5 Å². The van der Waals surface area contributed by atoms with Crippen LogP contribution < -0.4 is 10.9 Å². The largest absolute Gasteiger partial charge is 0.324 e. The molecular formula is C15H9F2N5O. The number of halogens is 2. The highest BCUT2D eigenvalue weighted by molar-refractivity contribution is 6.12. The van der Waals surface area contributed by atoms with Crippen molar-refractivity contribution in [1.29, 1.82) is 0 Å². The first-order valence-electron chi connectivity index (χ1n) is 6.70. The van der Waals surface area contributed by atoms with E-state index in [9.17, 15) is 13.6 Å². The molecule has 6 nitrogen and oxygen atoms in total. The Morgan fingerprint density at radius 1 is 1.04 bits per heavy atom. The standard InChI is InChI=1S/C15H9F2N5O/c16-8-2-1-3-9(17)12(8)15-19-10-4-5-11(23)20-13(10)7-6-18-22-14(7)21-15/h1-6H,(H,20,23)(H2,18,19,21,22). The number of benzene rings is 1. The Hall–Kier alpha value is -3.29. The number of aliphatic imine (C=N–C) groups is 1. The maximum absolute atomic E-state index is 14.1. The first-order valence-corrected chi connectivity index (χ1v) is 6.70. The van der Waals surface area contributed by atoms with Crippen molar-refractivity contribution < 1.29 is 8.78 Å². The highest BCUT2D eigenvalue weighted by atomic mass is 19.1. The summed E-state index contributed by atoms with van der Waals surface area (Å²) in [5.41, 5.74) is 0.738. The molecule has 23 heavy (non-hydrogen) atoms. The van der Waals surface area contributed by atoms with Crippen molar-refractivity contribution >= 4 is 17.3 Å². The van der Waals surface area contributed by atoms with Crippen LogP contribution in [0, 0.1) is 11.6 Å². The number of rotatable bonds is 1. The molecule has 0 saturated heterocycles. The predicted octanol–water partition coefficient (Wildman–Crippen LogP) is 2.55. The second-order valence-electron chi connectivity index (χ2n) is 4.92. The van der Waals surface area contributed by atoms with Gasteiger partial charge < -0.3 is 10.3 Å². The molecular weight excluding hydrogens is 304 g/mol. The monoisotopic (exact) mass is 313 g/mol. The minimum Gasteiger partial charge on any atom is -0.324 e. The molecule has 3 N–H and O–H groups in total. The predicted molar refractivity (Wildman–Crippen MR) is 80.8 cm³/mol. The van der Waals surface area contributed by atoms with E-state index in [1.807, 2.05) is 0 Å². The molecule has 1 aliphatic heterocycles. The van der Waals surface area contributed by atoms with Gasteiger partial charge in [0.2, 0.25) is 5.56 Å². The van der Waals surface area contributed by atoms with Crippen molar-refractivity contribution in [3.8, 4) is 11.3 Å². The Labute approximate surface area is 127 Å². The van der Waals surface area contributed by atoms with Crippen LogP contribution in [0.25, 0.3) is 11.3 Å². The fourth-order valence-corrected chi connectivity index (χ4v) is 2.45. The second-order valence-corrected chi connectivity index (χ2v) is 4.92. The van der Waals surface area contributed by atoms with Gasteiger partial charge in [-0.3, -0.25) is 9.89 Å². The van der Waals surface area contributed by atoms with E-state index in [0.717, 1.165) is 12.1 Å². The summed E-state index contributed by atoms with van der Waals surface area (Å²) < 4.78 is 28.1. The highest BCUT2D eigenvalue weighted by Crippen LogP contribution is 2.35. The lowest BCUT2D eigenvalue weighted by molar-refractivity contribution is 0.579. The SMILES string of the molecule is O=c1ccc2c([nH]1)-c1cn[nH]c1NC(c1c(F)cccc1F)=N2. The molecule has 2 aromatic heterocycles. The number of pyridine rings is 1. The number of amidine groups is 1. The van der Waals surface area contributed by atoms with Gasteiger partial charge in [-0.25, -0.2) is 13.8 Å². The molecule has 1 aliphatic rings. The quantitative estimate of drug-likeness (QED) is 0.645. The Morgan fingerprint density at radius 2 is 1.83 bits per heavy atom. The molecule has 0 radical (unpaired) electrons. The topological polar surface area (TPSA) is 85.9 Å². The molecule has 114 valence electrons. The van der Waals surface area contributed by atoms with E-state index < -0.39 is 11.6 Å². The average Bonchev–Trinajstić information content (AvgIpc) is 2.91. The minimum absolute atomic E-state index is 0.0168. The number of nitrogens with one attached hydrogen (secondary N) is 3. The van der Waals surface area contributed by atoms with Crippen LogP contribution in [-0.2, 0) is 0 Å². The molecule has 0 fully saturated rings. The van der Waals surface area contributed by atoms with Crippen LogP contribution in [0.2, 0.25) is 0 Å². The van der Waals surface area contributed by atoms with Crippen molar-refractivity contribution in [1.82, 2.24) is 15.2 Å². The van der Waals surface area contributed by atoms with Gasteiger partial charge >= 0.3 is 0 Å². The van der Waals surface area contributed by atoms with Crippen LogP contribution in [0.15, 0.2) is 46.3 Å². The van der Waals surface area contributed by atoms with Gasteiger partial charge in [-0.15, -0.1) is 0 Å². The molecule has 0 bridgehead atoms. The van der Waals surface area contributed by atoms with Crippen LogP contribution in [0.3, 0.4) is 0 Å². The molecule has 4 rings (SSSR count). The fourth-order valence-electron chi connectivity index (χ4n) is 2.45. The number of aromatic amines is 2. The summed E-state index contributed by atoms with van der Waals surface area (Å²) in [5.74, 6) is -1.13. The summed E-state index contributed by atoms with van der Waals surface area (Å²) >= 11 is 0. The molecule has 0 spiro atoms. The number of anilines is 1. The fraction of sp³-hybridized carbons (Fsp3) is 0. The van der Waals surface area contributed by atoms with Gasteiger partial charge in [0, 0.05) is 6.07 Å². The first kappa shape index (κ1) is 13.4. The Morgan fingerprint density at radius 3 is 2.61 bits per heavy atom. The zero-order chi connectivity index (χ0) is 16.0. The zero-order valence-electron chi connectivity index (χ0n) is 11.5. The summed E-state index contributed by atoms with van der Waals surface area (Å²) in [7, 11) is 0. The molecule has 0 saturated carbocycles. The molecule has 1 aromatic carbocycles. The number of nitrogens with zero attached hydrogens (tertiary/aromatic N) is 2. The first-order chi connectivity index (χ1) is 11.1. The molecule has 0 atom stereocenters. The summed E-state index contributed by atoms with van der Waals surface area (Å²) in [6.07, 6.45) is 1.49. The highest BCUT2D eigenvalue weighted by Gasteiger charge is 2.23. The van der Waals surface area contributed by atoms with E-state index in [0.29, 0.717) is 22.8 Å². The molecule has 8 heteroatoms. The maximum Gasteiger partial charge on any atom is 0.248 e. The van der Waals surface area contributed by atoms with Crippen LogP contribution in [-0.4, -0.2) is 21.0 Å². The summed E-state index contributed by atoms with van der Waals surface area (Å²) in [6, 6.07) is 6.35. The van der Waals surface area contributed by atoms with E-state index in [-0.39, 0.29) is 17.0 Å². The minimum atomic E-state index is -0.745. The lowest BCUT2D eigenvalue weighted by atomic mass is 10.1. The molecule has 3 heterocycles. The van der Waals surface area contributed by atoms with Crippen LogP contribution in [0.4, 0.5) is 20.3 Å². The van der Waals surface area contributed by atoms with Gasteiger partial charge in [0.25, 0.3) is 0 Å². The third-order valence-electron chi connectivity index (χ3n) is 3.48. The van der Waals surface area contributed by atoms with Gasteiger partial charge in [0.15, 0.2) is 0 Å². The number of fused-ring (bicyclic) bond motifs is 3. The Bertz CT molecular complexity index is 985. The third-order valence-corrected chi connectivity index (χ3v) is 3.48. The van der Waals surface area contributed by atoms with E-state index in [1.54, 1.807) is 0 Å². The van der Waals surface area contributed by atoms with Crippen LogP contribution >= 0.6 is 0 Å². The second kappa shape index (κ2) is 4.87. The maximum atomic E-state index is 14.1. The third kappa shape index (κ3) is 2.11. The zero-order valence-corrected chi connectivity index (χ0v) is 11.5. The normalized spacial score (nSPS) is 12.7. The van der Waals surface area contributed by atoms with Gasteiger partial charge in [-0.1, -0.05) is 6.07 Å². The summed E-state index contributed by atoms with van der Waals surface area (Å²) in [4.78, 5) is 18.5. The number of aromatic nitrogens is 3. The van der Waals surface area contributed by atoms with Crippen LogP contribution in [0.1, 0.15) is 5.56 Å². The van der Waals surface area contributed by atoms with E-state index in [1.165, 1.54) is 24.4 Å². The van der Waals surface area contributed by atoms with Gasteiger partial charge in [-0.2, -0.15) is 5.10 Å². The van der Waals surface area contributed by atoms with Gasteiger partial charge in [-0.05, 0) is 18.2 Å². The van der Waals surface area contributed by atoms with Crippen LogP contribution in [0.5, 0.6) is 0 Å². The molecule has 3 aromatic rings. The van der Waals surface area contributed by atoms with Crippen molar-refractivity contribution in [3.05, 3.63) is 64.1 Å². The smallest absolute Gasteiger partial charge is 0.248 e. The number of hydrogen-bond donors (Lipinski definition) is 3. The van der Waals surface area contributed by atoms with Crippen molar-refractivity contribution in [2.24, 2.45) is 4.99 Å². The summed E-state index contributed by atoms with van der Waals surface area (Å²) in [6.45, 7) is 0. The lowest BCUT2D eigenvalue weighted by Gasteiger charge is -2.09. The molecule has 0 aliphatic carbocycles. The van der Waals surface area contributed by atoms with E-state index in [4.69, 9.17) is 0 Å². The van der Waals surface area contributed by atoms with Crippen molar-refractivity contribution in [3.63, 3.8) is 0 Å². The Kier molecular flexibility index (Phi) is 2.83. The number of H-pyrrole nitrogens is 2. The van der Waals surface area contributed by atoms with Gasteiger partial charge in [0.05, 0.1) is 28.7 Å². The molecule has 0 unspecified atom stereocenters. The lowest BCUT2D eigenvalue weighted by Crippen LogP contribution is -2.17. The van der Waals surface area contributed by atoms with E-state index >= 15 is 0 Å².